The maximum absolute atomic E-state index is 4.76. The predicted octanol–water partition coefficient (Wildman–Crippen LogP) is 4.32. The molecule has 0 saturated carbocycles. The smallest absolute Gasteiger partial charge is 0.0894 e. The first-order valence-electron chi connectivity index (χ1n) is 8.85. The number of hydrogen-bond acceptors (Lipinski definition) is 3. The van der Waals surface area contributed by atoms with Crippen molar-refractivity contribution in [2.24, 2.45) is 0 Å². The minimum atomic E-state index is 0.735. The van der Waals surface area contributed by atoms with E-state index in [1.54, 1.807) is 0 Å². The van der Waals surface area contributed by atoms with Gasteiger partial charge in [-0.25, -0.2) is 4.98 Å². The summed E-state index contributed by atoms with van der Waals surface area (Å²) in [5, 5.41) is 0. The van der Waals surface area contributed by atoms with Crippen LogP contribution in [0.1, 0.15) is 25.3 Å². The summed E-state index contributed by atoms with van der Waals surface area (Å²) in [6.45, 7) is 4.72. The summed E-state index contributed by atoms with van der Waals surface area (Å²) < 4.78 is 0. The van der Waals surface area contributed by atoms with E-state index >= 15 is 0 Å². The van der Waals surface area contributed by atoms with Crippen LogP contribution in [0.2, 0.25) is 0 Å². The molecular formula is C21H23N3. The molecule has 0 amide bonds. The second-order valence-corrected chi connectivity index (χ2v) is 6.72. The Morgan fingerprint density at radius 1 is 1.08 bits per heavy atom. The van der Waals surface area contributed by atoms with Gasteiger partial charge in [0.1, 0.15) is 0 Å². The maximum atomic E-state index is 4.76. The van der Waals surface area contributed by atoms with E-state index < -0.39 is 0 Å². The molecule has 0 aliphatic carbocycles. The average molecular weight is 317 g/mol. The van der Waals surface area contributed by atoms with Gasteiger partial charge >= 0.3 is 0 Å². The van der Waals surface area contributed by atoms with E-state index in [2.05, 4.69) is 47.1 Å². The van der Waals surface area contributed by atoms with Crippen molar-refractivity contribution in [3.63, 3.8) is 0 Å². The van der Waals surface area contributed by atoms with Crippen molar-refractivity contribution in [1.29, 1.82) is 0 Å². The highest BCUT2D eigenvalue weighted by atomic mass is 15.2. The fourth-order valence-corrected chi connectivity index (χ4v) is 3.56. The third kappa shape index (κ3) is 3.17. The topological polar surface area (TPSA) is 29.0 Å². The molecule has 0 bridgehead atoms. The first-order chi connectivity index (χ1) is 11.8. The molecule has 3 nitrogen and oxygen atoms in total. The number of aromatic nitrogens is 2. The molecule has 1 atom stereocenters. The first-order valence-corrected chi connectivity index (χ1v) is 8.85. The summed E-state index contributed by atoms with van der Waals surface area (Å²) in [5.74, 6) is 0. The van der Waals surface area contributed by atoms with Gasteiger partial charge in [-0.2, -0.15) is 0 Å². The van der Waals surface area contributed by atoms with Crippen molar-refractivity contribution in [2.45, 2.75) is 32.2 Å². The van der Waals surface area contributed by atoms with Gasteiger partial charge in [0.2, 0.25) is 0 Å². The maximum Gasteiger partial charge on any atom is 0.0894 e. The van der Waals surface area contributed by atoms with Gasteiger partial charge in [-0.1, -0.05) is 36.4 Å². The number of fused-ring (bicyclic) bond motifs is 1. The van der Waals surface area contributed by atoms with E-state index in [1.807, 2.05) is 24.4 Å². The van der Waals surface area contributed by atoms with Crippen LogP contribution in [-0.2, 0) is 6.42 Å². The molecule has 1 saturated heterocycles. The van der Waals surface area contributed by atoms with Crippen molar-refractivity contribution >= 4 is 11.0 Å². The molecule has 0 spiro atoms. The first kappa shape index (κ1) is 15.3. The molecule has 0 N–H and O–H groups in total. The lowest BCUT2D eigenvalue weighted by atomic mass is 10.1. The molecule has 4 rings (SSSR count). The van der Waals surface area contributed by atoms with Crippen molar-refractivity contribution in [3.8, 4) is 11.3 Å². The third-order valence-electron chi connectivity index (χ3n) is 5.05. The lowest BCUT2D eigenvalue weighted by Crippen LogP contribution is -2.28. The van der Waals surface area contributed by atoms with Crippen LogP contribution in [0, 0.1) is 0 Å². The summed E-state index contributed by atoms with van der Waals surface area (Å²) in [4.78, 5) is 12.0. The molecule has 2 heterocycles. The molecule has 2 aromatic carbocycles. The van der Waals surface area contributed by atoms with Crippen LogP contribution < -0.4 is 0 Å². The standard InChI is InChI=1S/C21H23N3/c1-16-6-5-12-24(16)13-11-17-9-10-19-20(14-17)22-15-21(23-19)18-7-3-2-4-8-18/h2-4,7-10,14-16H,5-6,11-13H2,1H3/t16-/m0/s1. The molecule has 3 aromatic rings. The van der Waals surface area contributed by atoms with E-state index in [4.69, 9.17) is 4.98 Å². The molecule has 122 valence electrons. The van der Waals surface area contributed by atoms with Crippen molar-refractivity contribution in [3.05, 3.63) is 60.3 Å². The molecular weight excluding hydrogens is 294 g/mol. The zero-order chi connectivity index (χ0) is 16.4. The van der Waals surface area contributed by atoms with Gasteiger partial charge in [0.25, 0.3) is 0 Å². The number of hydrogen-bond donors (Lipinski definition) is 0. The number of likely N-dealkylation sites (tertiary alicyclic amines) is 1. The minimum absolute atomic E-state index is 0.735. The van der Waals surface area contributed by atoms with E-state index in [1.165, 1.54) is 24.9 Å². The largest absolute Gasteiger partial charge is 0.300 e. The van der Waals surface area contributed by atoms with Crippen molar-refractivity contribution in [2.75, 3.05) is 13.1 Å². The van der Waals surface area contributed by atoms with Gasteiger partial charge in [-0.15, -0.1) is 0 Å². The summed E-state index contributed by atoms with van der Waals surface area (Å²) >= 11 is 0. The molecule has 1 fully saturated rings. The van der Waals surface area contributed by atoms with Crippen molar-refractivity contribution < 1.29 is 0 Å². The molecule has 0 radical (unpaired) electrons. The predicted molar refractivity (Wildman–Crippen MR) is 98.9 cm³/mol. The molecule has 1 aliphatic rings. The lowest BCUT2D eigenvalue weighted by Gasteiger charge is -2.20. The number of benzene rings is 2. The van der Waals surface area contributed by atoms with E-state index in [0.717, 1.165) is 41.3 Å². The highest BCUT2D eigenvalue weighted by molar-refractivity contribution is 5.77. The second-order valence-electron chi connectivity index (χ2n) is 6.72. The zero-order valence-electron chi connectivity index (χ0n) is 14.2. The van der Waals surface area contributed by atoms with E-state index in [0.29, 0.717) is 0 Å². The van der Waals surface area contributed by atoms with Crippen LogP contribution in [0.25, 0.3) is 22.3 Å². The highest BCUT2D eigenvalue weighted by Gasteiger charge is 2.19. The zero-order valence-corrected chi connectivity index (χ0v) is 14.2. The Bertz CT molecular complexity index is 829. The molecule has 3 heteroatoms. The summed E-state index contributed by atoms with van der Waals surface area (Å²) in [6.07, 6.45) is 5.64. The van der Waals surface area contributed by atoms with Crippen LogP contribution in [-0.4, -0.2) is 34.0 Å². The number of nitrogens with zero attached hydrogens (tertiary/aromatic N) is 3. The van der Waals surface area contributed by atoms with Crippen LogP contribution >= 0.6 is 0 Å². The SMILES string of the molecule is C[C@H]1CCCN1CCc1ccc2nc(-c3ccccc3)cnc2c1. The summed E-state index contributed by atoms with van der Waals surface area (Å²) in [7, 11) is 0. The highest BCUT2D eigenvalue weighted by Crippen LogP contribution is 2.21. The Kier molecular flexibility index (Phi) is 4.26. The van der Waals surface area contributed by atoms with Crippen molar-refractivity contribution in [1.82, 2.24) is 14.9 Å². The van der Waals surface area contributed by atoms with Gasteiger partial charge in [0.05, 0.1) is 22.9 Å². The Morgan fingerprint density at radius 2 is 1.96 bits per heavy atom. The van der Waals surface area contributed by atoms with Gasteiger partial charge in [0, 0.05) is 18.2 Å². The molecule has 1 aromatic heterocycles. The second kappa shape index (κ2) is 6.70. The van der Waals surface area contributed by atoms with Crippen LogP contribution in [0.15, 0.2) is 54.7 Å². The Balaban J connectivity index is 1.53. The quantitative estimate of drug-likeness (QED) is 0.717. The van der Waals surface area contributed by atoms with Gasteiger partial charge in [-0.3, -0.25) is 4.98 Å². The van der Waals surface area contributed by atoms with Gasteiger partial charge in [0.15, 0.2) is 0 Å². The van der Waals surface area contributed by atoms with Crippen LogP contribution in [0.5, 0.6) is 0 Å². The lowest BCUT2D eigenvalue weighted by molar-refractivity contribution is 0.272. The average Bonchev–Trinajstić information content (AvgIpc) is 3.05. The molecule has 24 heavy (non-hydrogen) atoms. The van der Waals surface area contributed by atoms with Gasteiger partial charge in [-0.05, 0) is 50.4 Å². The monoisotopic (exact) mass is 317 g/mol. The fourth-order valence-electron chi connectivity index (χ4n) is 3.56. The normalized spacial score (nSPS) is 18.3. The Morgan fingerprint density at radius 3 is 2.75 bits per heavy atom. The third-order valence-corrected chi connectivity index (χ3v) is 5.05. The molecule has 0 unspecified atom stereocenters. The van der Waals surface area contributed by atoms with E-state index in [-0.39, 0.29) is 0 Å². The van der Waals surface area contributed by atoms with Crippen LogP contribution in [0.3, 0.4) is 0 Å². The fraction of sp³-hybridized carbons (Fsp3) is 0.333. The van der Waals surface area contributed by atoms with Crippen LogP contribution in [0.4, 0.5) is 0 Å². The molecule has 1 aliphatic heterocycles. The van der Waals surface area contributed by atoms with E-state index in [9.17, 15) is 0 Å². The van der Waals surface area contributed by atoms with Gasteiger partial charge < -0.3 is 4.90 Å². The number of rotatable bonds is 4. The Labute approximate surface area is 143 Å². The minimum Gasteiger partial charge on any atom is -0.300 e. The summed E-state index contributed by atoms with van der Waals surface area (Å²) in [6, 6.07) is 17.5. The Hall–Kier alpha value is -2.26. The summed E-state index contributed by atoms with van der Waals surface area (Å²) in [5.41, 5.74) is 5.35.